The van der Waals surface area contributed by atoms with E-state index in [2.05, 4.69) is 67.2 Å². The number of ether oxygens (including phenoxy) is 1. The normalized spacial score (nSPS) is 34.0. The van der Waals surface area contributed by atoms with Crippen molar-refractivity contribution in [1.82, 2.24) is 25.5 Å². The van der Waals surface area contributed by atoms with Crippen LogP contribution in [0.2, 0.25) is 0 Å². The minimum atomic E-state index is -0.874. The molecule has 0 radical (unpaired) electrons. The molecule has 1 saturated heterocycles. The molecule has 11 heteroatoms. The van der Waals surface area contributed by atoms with E-state index < -0.39 is 24.2 Å². The third-order valence-electron chi connectivity index (χ3n) is 13.2. The number of amides is 2. The van der Waals surface area contributed by atoms with Crippen molar-refractivity contribution in [3.05, 3.63) is 46.9 Å². The van der Waals surface area contributed by atoms with E-state index in [1.807, 2.05) is 40.3 Å². The Hall–Kier alpha value is -2.70. The van der Waals surface area contributed by atoms with Gasteiger partial charge in [0.05, 0.1) is 26.4 Å². The van der Waals surface area contributed by atoms with Gasteiger partial charge in [-0.15, -0.1) is 0 Å². The molecule has 0 aromatic rings. The number of rotatable bonds is 14. The summed E-state index contributed by atoms with van der Waals surface area (Å²) in [4.78, 5) is 38.5. The van der Waals surface area contributed by atoms with E-state index in [-0.39, 0.29) is 54.8 Å². The predicted molar refractivity (Wildman–Crippen MR) is 203 cm³/mol. The maximum Gasteiger partial charge on any atom is 0.251 e. The fourth-order valence-corrected chi connectivity index (χ4v) is 9.82. The van der Waals surface area contributed by atoms with Crippen LogP contribution >= 0.6 is 0 Å². The van der Waals surface area contributed by atoms with Crippen molar-refractivity contribution >= 4 is 11.8 Å². The summed E-state index contributed by atoms with van der Waals surface area (Å²) in [5, 5.41) is 29.6. The van der Waals surface area contributed by atoms with Crippen molar-refractivity contribution in [2.75, 3.05) is 55.0 Å². The van der Waals surface area contributed by atoms with E-state index in [1.54, 1.807) is 19.1 Å². The van der Waals surface area contributed by atoms with Crippen molar-refractivity contribution in [2.24, 2.45) is 46.8 Å². The fraction of sp³-hybridized carbons (Fsp3) is 0.756. The van der Waals surface area contributed by atoms with E-state index in [9.17, 15) is 19.8 Å². The molecule has 0 aromatic heterocycles. The number of aliphatic hydroxyl groups is 2. The largest absolute Gasteiger partial charge is 0.500 e. The average Bonchev–Trinajstić information content (AvgIpc) is 3.46. The third-order valence-corrected chi connectivity index (χ3v) is 13.2. The Balaban J connectivity index is 1.40. The van der Waals surface area contributed by atoms with Crippen LogP contribution in [0.3, 0.4) is 0 Å². The topological polar surface area (TPSA) is 127 Å². The van der Waals surface area contributed by atoms with Crippen LogP contribution in [0.4, 0.5) is 0 Å². The van der Waals surface area contributed by atoms with Crippen LogP contribution in [0.25, 0.3) is 0 Å². The number of hydrogen-bond acceptors (Lipinski definition) is 9. The lowest BCUT2D eigenvalue weighted by Gasteiger charge is -2.62. The van der Waals surface area contributed by atoms with Crippen LogP contribution in [0.15, 0.2) is 46.9 Å². The first kappa shape index (κ1) is 40.5. The highest BCUT2D eigenvalue weighted by Crippen LogP contribution is 2.61. The number of allylic oxidation sites excluding steroid dienone is 4. The molecule has 3 saturated carbocycles. The van der Waals surface area contributed by atoms with Gasteiger partial charge in [0.1, 0.15) is 17.9 Å². The lowest BCUT2D eigenvalue weighted by atomic mass is 9.45. The first-order valence-electron chi connectivity index (χ1n) is 19.5. The Kier molecular flexibility index (Phi) is 12.7. The molecule has 6 rings (SSSR count). The number of carbonyl (C=O) groups is 2. The maximum atomic E-state index is 14.3. The van der Waals surface area contributed by atoms with Crippen molar-refractivity contribution in [3.63, 3.8) is 0 Å². The van der Waals surface area contributed by atoms with E-state index in [4.69, 9.17) is 9.57 Å². The lowest BCUT2D eigenvalue weighted by molar-refractivity contribution is -0.173. The van der Waals surface area contributed by atoms with E-state index in [1.165, 1.54) is 6.42 Å². The second-order valence-electron chi connectivity index (χ2n) is 17.7. The Morgan fingerprint density at radius 2 is 1.87 bits per heavy atom. The zero-order valence-electron chi connectivity index (χ0n) is 33.6. The molecule has 4 fully saturated rings. The second-order valence-corrected chi connectivity index (χ2v) is 17.7. The first-order valence-corrected chi connectivity index (χ1v) is 19.5. The summed E-state index contributed by atoms with van der Waals surface area (Å²) in [5.74, 6) is 1.66. The molecule has 2 bridgehead atoms. The van der Waals surface area contributed by atoms with Gasteiger partial charge in [-0.2, -0.15) is 5.06 Å². The Morgan fingerprint density at radius 3 is 2.42 bits per heavy atom. The molecule has 4 N–H and O–H groups in total. The zero-order chi connectivity index (χ0) is 38.2. The summed E-state index contributed by atoms with van der Waals surface area (Å²) in [5.41, 5.74) is 2.89. The summed E-state index contributed by atoms with van der Waals surface area (Å²) in [6, 6.07) is -0.723. The molecular formula is C41H67N5O6. The number of carbonyl (C=O) groups excluding carboxylic acids is 2. The SMILES string of the molecule is COC1=C(CN2O[C@@H](CO)[C@@H]([C@H](C)O)[C@H]2C(=O)N[C@H]2C[C@H]3C[C@@H]([C@@H]2C)C3(C)C)C=CCC1C1C=C(C(=O)N[C@H](CN(C)C)C(C)C)C=C(N(C)C)C1. The summed E-state index contributed by atoms with van der Waals surface area (Å²) < 4.78 is 6.18. The summed E-state index contributed by atoms with van der Waals surface area (Å²) in [6.45, 7) is 13.5. The lowest BCUT2D eigenvalue weighted by Crippen LogP contribution is -2.62. The van der Waals surface area contributed by atoms with Crippen LogP contribution < -0.4 is 10.6 Å². The molecule has 5 aliphatic carbocycles. The molecule has 0 spiro atoms. The second kappa shape index (κ2) is 16.3. The van der Waals surface area contributed by atoms with Gasteiger partial charge in [0.25, 0.3) is 5.91 Å². The van der Waals surface area contributed by atoms with Gasteiger partial charge in [0.15, 0.2) is 0 Å². The molecule has 0 aromatic carbocycles. The number of hydrogen-bond donors (Lipinski definition) is 4. The molecule has 52 heavy (non-hydrogen) atoms. The molecule has 6 aliphatic rings. The van der Waals surface area contributed by atoms with Crippen LogP contribution in [-0.4, -0.2) is 122 Å². The first-order chi connectivity index (χ1) is 24.5. The molecule has 2 unspecified atom stereocenters. The smallest absolute Gasteiger partial charge is 0.251 e. The van der Waals surface area contributed by atoms with E-state index >= 15 is 0 Å². The molecular weight excluding hydrogens is 658 g/mol. The van der Waals surface area contributed by atoms with Crippen molar-refractivity contribution in [2.45, 2.75) is 97.6 Å². The van der Waals surface area contributed by atoms with Gasteiger partial charge in [0, 0.05) is 61.4 Å². The van der Waals surface area contributed by atoms with Gasteiger partial charge in [-0.1, -0.05) is 52.8 Å². The van der Waals surface area contributed by atoms with Gasteiger partial charge >= 0.3 is 0 Å². The quantitative estimate of drug-likeness (QED) is 0.212. The molecule has 292 valence electrons. The monoisotopic (exact) mass is 726 g/mol. The number of methoxy groups -OCH3 is 1. The van der Waals surface area contributed by atoms with Gasteiger partial charge in [-0.25, -0.2) is 0 Å². The van der Waals surface area contributed by atoms with E-state index in [0.717, 1.165) is 42.8 Å². The Labute approximate surface area is 312 Å². The minimum Gasteiger partial charge on any atom is -0.500 e. The molecule has 11 atom stereocenters. The number of nitrogens with zero attached hydrogens (tertiary/aromatic N) is 3. The van der Waals surface area contributed by atoms with Gasteiger partial charge in [0.2, 0.25) is 5.91 Å². The van der Waals surface area contributed by atoms with Crippen molar-refractivity contribution in [1.29, 1.82) is 0 Å². The molecule has 11 nitrogen and oxygen atoms in total. The van der Waals surface area contributed by atoms with Crippen molar-refractivity contribution in [3.8, 4) is 0 Å². The number of nitrogens with one attached hydrogen (secondary N) is 2. The maximum absolute atomic E-state index is 14.3. The highest BCUT2D eigenvalue weighted by molar-refractivity contribution is 5.96. The number of hydroxylamine groups is 2. The highest BCUT2D eigenvalue weighted by Gasteiger charge is 2.57. The number of likely N-dealkylation sites (N-methyl/N-ethyl adjacent to an activating group) is 1. The fourth-order valence-electron chi connectivity index (χ4n) is 9.82. The average molecular weight is 726 g/mol. The van der Waals surface area contributed by atoms with Gasteiger partial charge < -0.3 is 35.4 Å². The molecule has 1 heterocycles. The predicted octanol–water partition coefficient (Wildman–Crippen LogP) is 3.72. The van der Waals surface area contributed by atoms with Crippen molar-refractivity contribution < 1.29 is 29.4 Å². The van der Waals surface area contributed by atoms with Crippen LogP contribution in [0.1, 0.15) is 67.2 Å². The molecule has 1 aliphatic heterocycles. The molecule has 2 amide bonds. The van der Waals surface area contributed by atoms with Crippen LogP contribution in [0.5, 0.6) is 0 Å². The number of fused-ring (bicyclic) bond motifs is 2. The van der Waals surface area contributed by atoms with Crippen LogP contribution in [-0.2, 0) is 19.2 Å². The third kappa shape index (κ3) is 8.19. The minimum absolute atomic E-state index is 0.0105. The Morgan fingerprint density at radius 1 is 1.15 bits per heavy atom. The summed E-state index contributed by atoms with van der Waals surface area (Å²) in [7, 11) is 9.74. The standard InChI is InChI=1S/C41H67N5O6/c1-23(2)34(21-44(7)8)43-39(49)28-15-27(16-30(17-28)45(9)10)31-14-12-13-26(38(31)51-11)20-46-37(36(25(4)48)35(22-47)52-46)40(50)42-33-19-29-18-32(24(33)3)41(29,5)6/h12-13,15,17,23-25,27,29,31-37,47-48H,14,16,18-22H2,1-11H3,(H,42,50)(H,43,49)/t24-,25-,27?,29+,31?,32-,33-,34+,35-,36+,37-/m0/s1. The van der Waals surface area contributed by atoms with Gasteiger partial charge in [-0.3, -0.25) is 14.4 Å². The zero-order valence-corrected chi connectivity index (χ0v) is 33.6. The highest BCUT2D eigenvalue weighted by atomic mass is 16.7. The summed E-state index contributed by atoms with van der Waals surface area (Å²) >= 11 is 0. The Bertz CT molecular complexity index is 1430. The van der Waals surface area contributed by atoms with E-state index in [0.29, 0.717) is 28.7 Å². The summed E-state index contributed by atoms with van der Waals surface area (Å²) in [6.07, 6.45) is 10.3. The van der Waals surface area contributed by atoms with Crippen LogP contribution in [0, 0.1) is 46.8 Å². The number of aliphatic hydroxyl groups excluding tert-OH is 2. The van der Waals surface area contributed by atoms with Gasteiger partial charge in [-0.05, 0) is 87.8 Å².